The second kappa shape index (κ2) is 16.1. The van der Waals surface area contributed by atoms with E-state index in [1.165, 1.54) is 49.5 Å². The van der Waals surface area contributed by atoms with Crippen molar-refractivity contribution in [2.75, 3.05) is 6.54 Å². The van der Waals surface area contributed by atoms with Gasteiger partial charge < -0.3 is 21.5 Å². The van der Waals surface area contributed by atoms with Gasteiger partial charge in [0.2, 0.25) is 17.8 Å². The molecule has 0 radical (unpaired) electrons. The van der Waals surface area contributed by atoms with Crippen molar-refractivity contribution in [3.05, 3.63) is 74.8 Å². The predicted octanol–water partition coefficient (Wildman–Crippen LogP) is 2.64. The number of ether oxygens (including phenoxy) is 1. The molecule has 1 aromatic carbocycles. The first-order valence-electron chi connectivity index (χ1n) is 14.8. The summed E-state index contributed by atoms with van der Waals surface area (Å²) in [5, 5.41) is 11.4. The van der Waals surface area contributed by atoms with Crippen molar-refractivity contribution in [2.45, 2.75) is 64.0 Å². The number of esters is 1. The molecule has 49 heavy (non-hydrogen) atoms. The lowest BCUT2D eigenvalue weighted by Gasteiger charge is -2.21. The summed E-state index contributed by atoms with van der Waals surface area (Å²) in [6, 6.07) is 8.12. The third-order valence-electron chi connectivity index (χ3n) is 6.89. The minimum Gasteiger partial charge on any atom is -0.451 e. The smallest absolute Gasteiger partial charge is 0.427 e. The summed E-state index contributed by atoms with van der Waals surface area (Å²) < 4.78 is 49.9. The molecule has 0 fully saturated rings. The number of primary amides is 1. The van der Waals surface area contributed by atoms with Crippen molar-refractivity contribution in [2.24, 2.45) is 11.5 Å². The number of pyridine rings is 1. The Morgan fingerprint density at radius 3 is 2.41 bits per heavy atom. The summed E-state index contributed by atoms with van der Waals surface area (Å²) in [7, 11) is 0. The van der Waals surface area contributed by atoms with Crippen molar-refractivity contribution in [3.8, 4) is 17.2 Å². The van der Waals surface area contributed by atoms with Gasteiger partial charge in [-0.05, 0) is 56.2 Å². The Bertz CT molecular complexity index is 1860. The molecule has 0 bridgehead atoms. The van der Waals surface area contributed by atoms with Crippen molar-refractivity contribution < 1.29 is 32.3 Å². The zero-order chi connectivity index (χ0) is 35.9. The van der Waals surface area contributed by atoms with Gasteiger partial charge in [0.25, 0.3) is 5.91 Å². The number of rotatable bonds is 15. The largest absolute Gasteiger partial charge is 0.451 e. The third kappa shape index (κ3) is 9.64. The minimum atomic E-state index is -5.06. The highest BCUT2D eigenvalue weighted by Gasteiger charge is 2.44. The molecule has 3 heterocycles. The van der Waals surface area contributed by atoms with E-state index in [1.807, 2.05) is 0 Å². The van der Waals surface area contributed by atoms with Crippen LogP contribution >= 0.6 is 23.2 Å². The standard InChI is InChI=1S/C29H31Cl2F3N10O5/c1-16(35)27(47)38-12-4-2-3-7-22(45)49-20(29(32,33)34)14-42-24(17-8-10-18(30)11-9-17)41-43(28(42)48)15-21-39-26(23(36)46)44(40-21)25-19(31)6-5-13-37-25/h5-6,8-11,13,16,20H,2-4,7,12,14-15,35H2,1H3,(H2,36,46)(H,38,47)/t16-,20-/m0/s1. The van der Waals surface area contributed by atoms with E-state index in [1.54, 1.807) is 0 Å². The van der Waals surface area contributed by atoms with Crippen molar-refractivity contribution in [3.63, 3.8) is 0 Å². The molecule has 15 nitrogen and oxygen atoms in total. The Balaban J connectivity index is 1.58. The van der Waals surface area contributed by atoms with Gasteiger partial charge in [-0.3, -0.25) is 19.0 Å². The van der Waals surface area contributed by atoms with E-state index in [-0.39, 0.29) is 59.2 Å². The fourth-order valence-corrected chi connectivity index (χ4v) is 4.78. The zero-order valence-corrected chi connectivity index (χ0v) is 27.4. The van der Waals surface area contributed by atoms with Crippen LogP contribution in [0.2, 0.25) is 10.0 Å². The number of nitrogens with zero attached hydrogens (tertiary/aromatic N) is 7. The average molecular weight is 728 g/mol. The molecule has 20 heteroatoms. The molecule has 0 unspecified atom stereocenters. The fourth-order valence-electron chi connectivity index (χ4n) is 4.45. The first kappa shape index (κ1) is 37.0. The molecule has 5 N–H and O–H groups in total. The highest BCUT2D eigenvalue weighted by molar-refractivity contribution is 6.32. The first-order valence-corrected chi connectivity index (χ1v) is 15.5. The van der Waals surface area contributed by atoms with E-state index < -0.39 is 49.0 Å². The van der Waals surface area contributed by atoms with Crippen LogP contribution in [0.15, 0.2) is 47.4 Å². The van der Waals surface area contributed by atoms with Crippen LogP contribution in [0.4, 0.5) is 13.2 Å². The Labute approximate surface area is 286 Å². The molecule has 0 spiro atoms. The van der Waals surface area contributed by atoms with Gasteiger partial charge in [0.1, 0.15) is 6.54 Å². The molecule has 4 rings (SSSR count). The SMILES string of the molecule is C[C@H](N)C(=O)NCCCCCC(=O)O[C@@H](Cn1c(-c2ccc(Cl)cc2)nn(Cc2nc(C(N)=O)n(-c3ncccc3Cl)n2)c1=O)C(F)(F)F. The van der Waals surface area contributed by atoms with Crippen LogP contribution in [0, 0.1) is 0 Å². The normalized spacial score (nSPS) is 12.8. The van der Waals surface area contributed by atoms with Crippen LogP contribution in [-0.2, 0) is 27.4 Å². The average Bonchev–Trinajstić information content (AvgIpc) is 3.59. The number of benzene rings is 1. The van der Waals surface area contributed by atoms with E-state index >= 15 is 0 Å². The summed E-state index contributed by atoms with van der Waals surface area (Å²) in [6.07, 6.45) is -5.63. The van der Waals surface area contributed by atoms with Gasteiger partial charge in [0.05, 0.1) is 17.6 Å². The molecule has 262 valence electrons. The maximum Gasteiger partial charge on any atom is 0.427 e. The lowest BCUT2D eigenvalue weighted by atomic mass is 10.2. The number of nitrogens with one attached hydrogen (secondary N) is 1. The number of amides is 2. The van der Waals surface area contributed by atoms with Crippen LogP contribution in [0.5, 0.6) is 0 Å². The molecule has 2 amide bonds. The molecular formula is C29H31Cl2F3N10O5. The summed E-state index contributed by atoms with van der Waals surface area (Å²) >= 11 is 12.2. The number of hydrogen-bond donors (Lipinski definition) is 3. The highest BCUT2D eigenvalue weighted by Crippen LogP contribution is 2.27. The Kier molecular flexibility index (Phi) is 12.1. The number of carbonyl (C=O) groups excluding carboxylic acids is 3. The monoisotopic (exact) mass is 726 g/mol. The Morgan fingerprint density at radius 1 is 1.06 bits per heavy atom. The lowest BCUT2D eigenvalue weighted by molar-refractivity contribution is -0.224. The maximum atomic E-state index is 14.2. The number of nitrogens with two attached hydrogens (primary N) is 2. The molecular weight excluding hydrogens is 696 g/mol. The Morgan fingerprint density at radius 2 is 1.78 bits per heavy atom. The molecule has 0 aliphatic carbocycles. The third-order valence-corrected chi connectivity index (χ3v) is 7.43. The topological polar surface area (TPSA) is 208 Å². The Hall–Kier alpha value is -4.81. The number of aromatic nitrogens is 7. The van der Waals surface area contributed by atoms with Crippen molar-refractivity contribution >= 4 is 41.0 Å². The van der Waals surface area contributed by atoms with E-state index in [2.05, 4.69) is 25.5 Å². The summed E-state index contributed by atoms with van der Waals surface area (Å²) in [6.45, 7) is 0.171. The summed E-state index contributed by atoms with van der Waals surface area (Å²) in [4.78, 5) is 57.9. The van der Waals surface area contributed by atoms with E-state index in [0.29, 0.717) is 22.4 Å². The van der Waals surface area contributed by atoms with Gasteiger partial charge in [-0.15, -0.1) is 10.2 Å². The molecule has 2 atom stereocenters. The first-order chi connectivity index (χ1) is 23.1. The van der Waals surface area contributed by atoms with Crippen LogP contribution in [0.3, 0.4) is 0 Å². The van der Waals surface area contributed by atoms with Gasteiger partial charge in [-0.2, -0.15) is 17.9 Å². The number of hydrogen-bond acceptors (Lipinski definition) is 10. The number of carbonyl (C=O) groups is 3. The zero-order valence-electron chi connectivity index (χ0n) is 25.9. The van der Waals surface area contributed by atoms with Gasteiger partial charge in [-0.25, -0.2) is 19.4 Å². The van der Waals surface area contributed by atoms with Crippen LogP contribution in [0.25, 0.3) is 17.2 Å². The van der Waals surface area contributed by atoms with Crippen LogP contribution in [-0.4, -0.2) is 76.7 Å². The molecule has 3 aromatic heterocycles. The molecule has 0 aliphatic rings. The predicted molar refractivity (Wildman–Crippen MR) is 170 cm³/mol. The van der Waals surface area contributed by atoms with Crippen molar-refractivity contribution in [1.82, 2.24) is 39.4 Å². The molecule has 0 saturated heterocycles. The fraction of sp³-hybridized carbons (Fsp3) is 0.379. The molecule has 4 aromatic rings. The second-order valence-electron chi connectivity index (χ2n) is 10.7. The van der Waals surface area contributed by atoms with Gasteiger partial charge >= 0.3 is 17.8 Å². The van der Waals surface area contributed by atoms with Gasteiger partial charge in [0.15, 0.2) is 17.5 Å². The summed E-state index contributed by atoms with van der Waals surface area (Å²) in [5.41, 5.74) is 10.1. The van der Waals surface area contributed by atoms with Gasteiger partial charge in [-0.1, -0.05) is 29.6 Å². The van der Waals surface area contributed by atoms with Crippen molar-refractivity contribution in [1.29, 1.82) is 0 Å². The van der Waals surface area contributed by atoms with Gasteiger partial charge in [0, 0.05) is 29.7 Å². The number of halogens is 5. The van der Waals surface area contributed by atoms with Crippen LogP contribution in [0.1, 0.15) is 49.1 Å². The molecule has 0 saturated carbocycles. The quantitative estimate of drug-likeness (QED) is 0.121. The second-order valence-corrected chi connectivity index (χ2v) is 11.6. The van der Waals surface area contributed by atoms with E-state index in [0.717, 1.165) is 9.36 Å². The molecule has 0 aliphatic heterocycles. The van der Waals surface area contributed by atoms with E-state index in [4.69, 9.17) is 39.4 Å². The minimum absolute atomic E-state index is 0.0132. The van der Waals surface area contributed by atoms with Crippen LogP contribution < -0.4 is 22.5 Å². The lowest BCUT2D eigenvalue weighted by Crippen LogP contribution is -2.40. The summed E-state index contributed by atoms with van der Waals surface area (Å²) in [5.74, 6) is -3.21. The van der Waals surface area contributed by atoms with E-state index in [9.17, 15) is 32.3 Å². The number of alkyl halides is 3. The highest BCUT2D eigenvalue weighted by atomic mass is 35.5. The number of unbranched alkanes of at least 4 members (excludes halogenated alkanes) is 2. The maximum absolute atomic E-state index is 14.2.